The molecule has 0 aromatic heterocycles. The van der Waals surface area contributed by atoms with E-state index in [2.05, 4.69) is 10.6 Å². The van der Waals surface area contributed by atoms with Gasteiger partial charge in [-0.3, -0.25) is 9.69 Å². The second-order valence-electron chi connectivity index (χ2n) is 7.16. The van der Waals surface area contributed by atoms with Gasteiger partial charge in [0.1, 0.15) is 6.04 Å². The molecule has 1 aromatic carbocycles. The van der Waals surface area contributed by atoms with E-state index in [-0.39, 0.29) is 24.6 Å². The van der Waals surface area contributed by atoms with Crippen LogP contribution in [0, 0.1) is 0 Å². The minimum absolute atomic E-state index is 0.132. The third-order valence-corrected chi connectivity index (χ3v) is 4.22. The molecule has 3 amide bonds. The van der Waals surface area contributed by atoms with Gasteiger partial charge in [0.05, 0.1) is 16.3 Å². The van der Waals surface area contributed by atoms with E-state index in [1.807, 2.05) is 20.8 Å². The summed E-state index contributed by atoms with van der Waals surface area (Å²) in [5, 5.41) is 14.8. The monoisotopic (exact) mass is 397 g/mol. The maximum atomic E-state index is 12.5. The zero-order valence-electron chi connectivity index (χ0n) is 15.5. The summed E-state index contributed by atoms with van der Waals surface area (Å²) in [6.07, 6.45) is 0.132. The molecule has 1 aliphatic rings. The predicted molar refractivity (Wildman–Crippen MR) is 101 cm³/mol. The summed E-state index contributed by atoms with van der Waals surface area (Å²) in [6, 6.07) is 3.09. The Hall–Kier alpha value is -2.32. The number of amides is 3. The van der Waals surface area contributed by atoms with Crippen molar-refractivity contribution in [1.29, 1.82) is 0 Å². The van der Waals surface area contributed by atoms with Gasteiger partial charge in [0.25, 0.3) is 5.91 Å². The van der Waals surface area contributed by atoms with Crippen LogP contribution in [0.1, 0.15) is 37.6 Å². The zero-order valence-corrected chi connectivity index (χ0v) is 16.3. The Morgan fingerprint density at radius 3 is 2.67 bits per heavy atom. The molecule has 1 fully saturated rings. The van der Waals surface area contributed by atoms with Crippen molar-refractivity contribution in [3.05, 3.63) is 28.8 Å². The van der Waals surface area contributed by atoms with Gasteiger partial charge >= 0.3 is 12.0 Å². The van der Waals surface area contributed by atoms with Crippen LogP contribution in [0.3, 0.4) is 0 Å². The number of halogens is 1. The third kappa shape index (κ3) is 5.83. The van der Waals surface area contributed by atoms with Gasteiger partial charge < -0.3 is 20.5 Å². The third-order valence-electron chi connectivity index (χ3n) is 3.90. The molecule has 1 aromatic rings. The quantitative estimate of drug-likeness (QED) is 0.654. The van der Waals surface area contributed by atoms with E-state index in [0.29, 0.717) is 23.8 Å². The molecule has 0 bridgehead atoms. The number of anilines is 1. The number of hydrogen-bond acceptors (Lipinski definition) is 4. The Morgan fingerprint density at radius 1 is 1.41 bits per heavy atom. The van der Waals surface area contributed by atoms with Gasteiger partial charge in [-0.2, -0.15) is 0 Å². The van der Waals surface area contributed by atoms with Crippen molar-refractivity contribution in [3.63, 3.8) is 0 Å². The van der Waals surface area contributed by atoms with Crippen molar-refractivity contribution in [2.45, 2.75) is 38.8 Å². The SMILES string of the molecule is CC(C)(C)OCCC(NC(=O)c1ccc(Cl)c(N2CCNC2=O)c1)C(=O)O. The first-order valence-electron chi connectivity index (χ1n) is 8.61. The molecule has 0 radical (unpaired) electrons. The molecule has 3 N–H and O–H groups in total. The molecule has 2 rings (SSSR count). The zero-order chi connectivity index (χ0) is 20.2. The largest absolute Gasteiger partial charge is 0.480 e. The van der Waals surface area contributed by atoms with Crippen molar-refractivity contribution in [3.8, 4) is 0 Å². The van der Waals surface area contributed by atoms with Gasteiger partial charge in [0, 0.05) is 31.7 Å². The van der Waals surface area contributed by atoms with E-state index in [4.69, 9.17) is 16.3 Å². The number of carboxylic acid groups (broad SMARTS) is 1. The van der Waals surface area contributed by atoms with Crippen LogP contribution in [0.5, 0.6) is 0 Å². The van der Waals surface area contributed by atoms with Crippen LogP contribution in [0.25, 0.3) is 0 Å². The Morgan fingerprint density at radius 2 is 2.11 bits per heavy atom. The van der Waals surface area contributed by atoms with Crippen LogP contribution in [0.15, 0.2) is 18.2 Å². The number of carbonyl (C=O) groups is 3. The van der Waals surface area contributed by atoms with Crippen LogP contribution in [-0.2, 0) is 9.53 Å². The molecule has 8 nitrogen and oxygen atoms in total. The van der Waals surface area contributed by atoms with Gasteiger partial charge in [-0.15, -0.1) is 0 Å². The minimum Gasteiger partial charge on any atom is -0.480 e. The topological polar surface area (TPSA) is 108 Å². The van der Waals surface area contributed by atoms with Gasteiger partial charge in [-0.05, 0) is 39.0 Å². The van der Waals surface area contributed by atoms with Crippen molar-refractivity contribution in [2.75, 3.05) is 24.6 Å². The van der Waals surface area contributed by atoms with Crippen LogP contribution in [0.2, 0.25) is 5.02 Å². The Balaban J connectivity index is 2.09. The van der Waals surface area contributed by atoms with Crippen molar-refractivity contribution in [2.24, 2.45) is 0 Å². The molecule has 1 aliphatic heterocycles. The Kier molecular flexibility index (Phi) is 6.67. The lowest BCUT2D eigenvalue weighted by Crippen LogP contribution is -2.42. The molecule has 148 valence electrons. The Bertz CT molecular complexity index is 732. The number of aliphatic carboxylic acids is 1. The molecular weight excluding hydrogens is 374 g/mol. The molecule has 1 atom stereocenters. The summed E-state index contributed by atoms with van der Waals surface area (Å²) in [4.78, 5) is 37.2. The fourth-order valence-corrected chi connectivity index (χ4v) is 2.76. The number of benzene rings is 1. The van der Waals surface area contributed by atoms with Gasteiger partial charge in [-0.1, -0.05) is 11.6 Å². The highest BCUT2D eigenvalue weighted by Crippen LogP contribution is 2.28. The number of hydrogen-bond donors (Lipinski definition) is 3. The lowest BCUT2D eigenvalue weighted by Gasteiger charge is -2.22. The summed E-state index contributed by atoms with van der Waals surface area (Å²) in [6.45, 7) is 6.72. The van der Waals surface area contributed by atoms with Gasteiger partial charge in [-0.25, -0.2) is 9.59 Å². The average molecular weight is 398 g/mol. The smallest absolute Gasteiger partial charge is 0.326 e. The van der Waals surface area contributed by atoms with E-state index in [0.717, 1.165) is 0 Å². The molecule has 1 unspecified atom stereocenters. The van der Waals surface area contributed by atoms with E-state index < -0.39 is 23.5 Å². The fourth-order valence-electron chi connectivity index (χ4n) is 2.54. The fraction of sp³-hybridized carbons (Fsp3) is 0.500. The summed E-state index contributed by atoms with van der Waals surface area (Å²) < 4.78 is 5.53. The summed E-state index contributed by atoms with van der Waals surface area (Å²) >= 11 is 6.15. The number of carbonyl (C=O) groups excluding carboxylic acids is 2. The predicted octanol–water partition coefficient (Wildman–Crippen LogP) is 2.26. The van der Waals surface area contributed by atoms with E-state index in [1.165, 1.54) is 23.1 Å². The van der Waals surface area contributed by atoms with Crippen molar-refractivity contribution < 1.29 is 24.2 Å². The molecule has 1 saturated heterocycles. The van der Waals surface area contributed by atoms with Gasteiger partial charge in [0.2, 0.25) is 0 Å². The molecule has 1 heterocycles. The highest BCUT2D eigenvalue weighted by atomic mass is 35.5. The first-order valence-corrected chi connectivity index (χ1v) is 8.99. The molecule has 0 aliphatic carbocycles. The van der Waals surface area contributed by atoms with Crippen molar-refractivity contribution >= 4 is 35.2 Å². The number of rotatable bonds is 7. The number of nitrogens with zero attached hydrogens (tertiary/aromatic N) is 1. The summed E-state index contributed by atoms with van der Waals surface area (Å²) in [5.74, 6) is -1.70. The van der Waals surface area contributed by atoms with E-state index >= 15 is 0 Å². The maximum absolute atomic E-state index is 12.5. The summed E-state index contributed by atoms with van der Waals surface area (Å²) in [5.41, 5.74) is 0.230. The van der Waals surface area contributed by atoms with Gasteiger partial charge in [0.15, 0.2) is 0 Å². The second-order valence-corrected chi connectivity index (χ2v) is 7.57. The number of urea groups is 1. The standard InChI is InChI=1S/C18H24ClN3O5/c1-18(2,3)27-9-6-13(16(24)25)21-15(23)11-4-5-12(19)14(10-11)22-8-7-20-17(22)26/h4-5,10,13H,6-9H2,1-3H3,(H,20,26)(H,21,23)(H,24,25). The number of ether oxygens (including phenoxy) is 1. The normalized spacial score (nSPS) is 15.4. The van der Waals surface area contributed by atoms with Crippen LogP contribution in [0.4, 0.5) is 10.5 Å². The van der Waals surface area contributed by atoms with Crippen LogP contribution in [-0.4, -0.2) is 54.4 Å². The summed E-state index contributed by atoms with van der Waals surface area (Å²) in [7, 11) is 0. The van der Waals surface area contributed by atoms with Crippen molar-refractivity contribution in [1.82, 2.24) is 10.6 Å². The highest BCUT2D eigenvalue weighted by molar-refractivity contribution is 6.34. The minimum atomic E-state index is -1.14. The first-order chi connectivity index (χ1) is 12.6. The van der Waals surface area contributed by atoms with E-state index in [1.54, 1.807) is 0 Å². The van der Waals surface area contributed by atoms with Crippen LogP contribution < -0.4 is 15.5 Å². The average Bonchev–Trinajstić information content (AvgIpc) is 2.98. The van der Waals surface area contributed by atoms with E-state index in [9.17, 15) is 19.5 Å². The highest BCUT2D eigenvalue weighted by Gasteiger charge is 2.26. The molecule has 27 heavy (non-hydrogen) atoms. The lowest BCUT2D eigenvalue weighted by atomic mass is 10.1. The molecule has 0 spiro atoms. The van der Waals surface area contributed by atoms with Crippen LogP contribution >= 0.6 is 11.6 Å². The lowest BCUT2D eigenvalue weighted by molar-refractivity contribution is -0.140. The number of nitrogens with one attached hydrogen (secondary N) is 2. The second kappa shape index (κ2) is 8.58. The maximum Gasteiger partial charge on any atom is 0.326 e. The molecular formula is C18H24ClN3O5. The first kappa shape index (κ1) is 21.0. The Labute approximate surface area is 162 Å². The molecule has 0 saturated carbocycles. The number of carboxylic acids is 1. The molecule has 9 heteroatoms.